The Morgan fingerprint density at radius 1 is 1.07 bits per heavy atom. The summed E-state index contributed by atoms with van der Waals surface area (Å²) in [5.41, 5.74) is 1.66. The minimum absolute atomic E-state index is 0.425. The Labute approximate surface area is 161 Å². The molecule has 1 unspecified atom stereocenters. The second kappa shape index (κ2) is 9.00. The number of rotatable bonds is 6. The summed E-state index contributed by atoms with van der Waals surface area (Å²) in [6.07, 6.45) is 0. The third kappa shape index (κ3) is 4.95. The number of thioether (sulfide) groups is 1. The smallest absolute Gasteiger partial charge is 0.321 e. The second-order valence-electron chi connectivity index (χ2n) is 5.59. The quantitative estimate of drug-likeness (QED) is 0.570. The van der Waals surface area contributed by atoms with E-state index >= 15 is 0 Å². The highest BCUT2D eigenvalue weighted by Crippen LogP contribution is 2.34. The van der Waals surface area contributed by atoms with Gasteiger partial charge in [0.05, 0.1) is 0 Å². The molecular formula is C19H19N5O2S. The van der Waals surface area contributed by atoms with Gasteiger partial charge in [-0.25, -0.2) is 9.78 Å². The molecule has 3 N–H and O–H groups in total. The Balaban J connectivity index is 1.81. The van der Waals surface area contributed by atoms with Crippen molar-refractivity contribution in [1.29, 1.82) is 0 Å². The Hall–Kier alpha value is -3.13. The monoisotopic (exact) mass is 381 g/mol. The van der Waals surface area contributed by atoms with Crippen molar-refractivity contribution in [2.45, 2.75) is 17.3 Å². The number of hydrogen-bond donors (Lipinski definition) is 3. The number of carbonyl (C=O) groups is 2. The van der Waals surface area contributed by atoms with Gasteiger partial charge in [0.25, 0.3) is 0 Å². The summed E-state index contributed by atoms with van der Waals surface area (Å²) in [5, 5.41) is 11.8. The molecule has 0 bridgehead atoms. The zero-order chi connectivity index (χ0) is 19.1. The lowest BCUT2D eigenvalue weighted by Gasteiger charge is -2.14. The van der Waals surface area contributed by atoms with Crippen LogP contribution >= 0.6 is 11.8 Å². The van der Waals surface area contributed by atoms with Crippen LogP contribution in [0.25, 0.3) is 11.4 Å². The molecule has 3 aromatic rings. The minimum atomic E-state index is -0.659. The molecule has 0 aliphatic carbocycles. The van der Waals surface area contributed by atoms with Crippen molar-refractivity contribution in [3.8, 4) is 11.4 Å². The van der Waals surface area contributed by atoms with Gasteiger partial charge in [0.1, 0.15) is 5.25 Å². The molecule has 0 fully saturated rings. The summed E-state index contributed by atoms with van der Waals surface area (Å²) in [4.78, 5) is 28.9. The first kappa shape index (κ1) is 18.7. The van der Waals surface area contributed by atoms with E-state index in [2.05, 4.69) is 25.8 Å². The lowest BCUT2D eigenvalue weighted by atomic mass is 10.1. The van der Waals surface area contributed by atoms with Gasteiger partial charge in [-0.3, -0.25) is 15.2 Å². The first-order valence-electron chi connectivity index (χ1n) is 8.45. The zero-order valence-corrected chi connectivity index (χ0v) is 15.5. The molecule has 138 valence electrons. The van der Waals surface area contributed by atoms with E-state index in [0.29, 0.717) is 17.5 Å². The van der Waals surface area contributed by atoms with Crippen molar-refractivity contribution < 1.29 is 9.59 Å². The van der Waals surface area contributed by atoms with Crippen molar-refractivity contribution in [2.24, 2.45) is 0 Å². The Bertz CT molecular complexity index is 899. The number of benzene rings is 2. The van der Waals surface area contributed by atoms with Crippen LogP contribution in [0.1, 0.15) is 17.7 Å². The fraction of sp³-hybridized carbons (Fsp3) is 0.158. The van der Waals surface area contributed by atoms with Crippen LogP contribution in [-0.2, 0) is 4.79 Å². The van der Waals surface area contributed by atoms with Gasteiger partial charge >= 0.3 is 6.03 Å². The molecule has 3 amide bonds. The van der Waals surface area contributed by atoms with Gasteiger partial charge in [-0.05, 0) is 12.5 Å². The number of urea groups is 1. The average molecular weight is 381 g/mol. The largest absolute Gasteiger partial charge is 0.338 e. The zero-order valence-electron chi connectivity index (χ0n) is 14.7. The summed E-state index contributed by atoms with van der Waals surface area (Å²) in [7, 11) is 0. The van der Waals surface area contributed by atoms with Crippen molar-refractivity contribution in [3.63, 3.8) is 0 Å². The number of aromatic nitrogens is 3. The lowest BCUT2D eigenvalue weighted by molar-refractivity contribution is -0.119. The number of hydrogen-bond acceptors (Lipinski definition) is 5. The van der Waals surface area contributed by atoms with Crippen LogP contribution in [0.4, 0.5) is 4.79 Å². The molecule has 0 radical (unpaired) electrons. The normalized spacial score (nSPS) is 11.6. The van der Waals surface area contributed by atoms with E-state index in [-0.39, 0.29) is 0 Å². The number of amides is 3. The summed E-state index contributed by atoms with van der Waals surface area (Å²) in [6, 6.07) is 18.3. The van der Waals surface area contributed by atoms with Crippen molar-refractivity contribution in [1.82, 2.24) is 25.8 Å². The van der Waals surface area contributed by atoms with E-state index in [9.17, 15) is 9.59 Å². The van der Waals surface area contributed by atoms with Crippen molar-refractivity contribution in [3.05, 3.63) is 66.2 Å². The molecule has 0 saturated carbocycles. The SMILES string of the molecule is CCNC(=O)NC(=O)C(Sc1n[nH]c(-c2ccccc2)n1)c1ccccc1. The van der Waals surface area contributed by atoms with Gasteiger partial charge in [0, 0.05) is 12.1 Å². The molecule has 2 aromatic carbocycles. The lowest BCUT2D eigenvalue weighted by Crippen LogP contribution is -2.41. The molecule has 0 saturated heterocycles. The summed E-state index contributed by atoms with van der Waals surface area (Å²) in [5.74, 6) is 0.192. The van der Waals surface area contributed by atoms with Crippen molar-refractivity contribution >= 4 is 23.7 Å². The highest BCUT2D eigenvalue weighted by molar-refractivity contribution is 8.00. The van der Waals surface area contributed by atoms with Crippen LogP contribution < -0.4 is 10.6 Å². The third-order valence-corrected chi connectivity index (χ3v) is 4.77. The van der Waals surface area contributed by atoms with E-state index in [1.807, 2.05) is 60.7 Å². The summed E-state index contributed by atoms with van der Waals surface area (Å²) < 4.78 is 0. The number of nitrogens with one attached hydrogen (secondary N) is 3. The van der Waals surface area contributed by atoms with Gasteiger partial charge in [0.15, 0.2) is 5.82 Å². The van der Waals surface area contributed by atoms with Gasteiger partial charge in [0.2, 0.25) is 11.1 Å². The van der Waals surface area contributed by atoms with Crippen LogP contribution in [0.3, 0.4) is 0 Å². The average Bonchev–Trinajstić information content (AvgIpc) is 3.16. The summed E-state index contributed by atoms with van der Waals surface area (Å²) in [6.45, 7) is 2.22. The standard InChI is InChI=1S/C19H19N5O2S/c1-2-20-18(26)22-17(25)15(13-9-5-3-6-10-13)27-19-21-16(23-24-19)14-11-7-4-8-12-14/h3-12,15H,2H2,1H3,(H,21,23,24)(H2,20,22,25,26). The van der Waals surface area contributed by atoms with Gasteiger partial charge in [-0.15, -0.1) is 5.10 Å². The summed E-state index contributed by atoms with van der Waals surface area (Å²) >= 11 is 1.18. The first-order valence-corrected chi connectivity index (χ1v) is 9.33. The molecule has 1 aromatic heterocycles. The van der Waals surface area contributed by atoms with E-state index < -0.39 is 17.2 Å². The minimum Gasteiger partial charge on any atom is -0.338 e. The molecule has 0 aliphatic rings. The van der Waals surface area contributed by atoms with Crippen LogP contribution in [0.2, 0.25) is 0 Å². The highest BCUT2D eigenvalue weighted by atomic mass is 32.2. The van der Waals surface area contributed by atoms with Crippen LogP contribution in [0.5, 0.6) is 0 Å². The van der Waals surface area contributed by atoms with Crippen LogP contribution in [0.15, 0.2) is 65.8 Å². The predicted octanol–water partition coefficient (Wildman–Crippen LogP) is 3.15. The second-order valence-corrected chi connectivity index (χ2v) is 6.66. The maximum absolute atomic E-state index is 12.7. The number of aromatic amines is 1. The van der Waals surface area contributed by atoms with E-state index in [1.165, 1.54) is 11.8 Å². The van der Waals surface area contributed by atoms with E-state index in [4.69, 9.17) is 0 Å². The maximum atomic E-state index is 12.7. The Kier molecular flexibility index (Phi) is 6.22. The molecule has 8 heteroatoms. The Morgan fingerprint density at radius 3 is 2.41 bits per heavy atom. The van der Waals surface area contributed by atoms with Gasteiger partial charge in [-0.2, -0.15) is 0 Å². The first-order chi connectivity index (χ1) is 13.2. The molecule has 3 rings (SSSR count). The van der Waals surface area contributed by atoms with Crippen molar-refractivity contribution in [2.75, 3.05) is 6.54 Å². The molecular weight excluding hydrogens is 362 g/mol. The van der Waals surface area contributed by atoms with Gasteiger partial charge in [-0.1, -0.05) is 72.4 Å². The molecule has 0 aliphatic heterocycles. The maximum Gasteiger partial charge on any atom is 0.321 e. The fourth-order valence-corrected chi connectivity index (χ4v) is 3.32. The van der Waals surface area contributed by atoms with Crippen LogP contribution in [-0.4, -0.2) is 33.7 Å². The highest BCUT2D eigenvalue weighted by Gasteiger charge is 2.25. The van der Waals surface area contributed by atoms with Crippen LogP contribution in [0, 0.1) is 0 Å². The van der Waals surface area contributed by atoms with E-state index in [1.54, 1.807) is 6.92 Å². The third-order valence-electron chi connectivity index (χ3n) is 3.65. The molecule has 27 heavy (non-hydrogen) atoms. The molecule has 0 spiro atoms. The fourth-order valence-electron chi connectivity index (χ4n) is 2.41. The molecule has 1 atom stereocenters. The topological polar surface area (TPSA) is 99.8 Å². The number of nitrogens with zero attached hydrogens (tertiary/aromatic N) is 2. The number of carbonyl (C=O) groups excluding carboxylic acids is 2. The van der Waals surface area contributed by atoms with E-state index in [0.717, 1.165) is 11.1 Å². The Morgan fingerprint density at radius 2 is 1.74 bits per heavy atom. The predicted molar refractivity (Wildman–Crippen MR) is 104 cm³/mol. The number of H-pyrrole nitrogens is 1. The number of imide groups is 1. The molecule has 7 nitrogen and oxygen atoms in total. The van der Waals surface area contributed by atoms with Gasteiger partial charge < -0.3 is 5.32 Å². The molecule has 1 heterocycles.